The van der Waals surface area contributed by atoms with Gasteiger partial charge in [0.05, 0.1) is 18.9 Å². The Kier molecular flexibility index (Phi) is 4.52. The highest BCUT2D eigenvalue weighted by Crippen LogP contribution is 2.27. The van der Waals surface area contributed by atoms with Crippen LogP contribution in [0, 0.1) is 13.8 Å². The Balaban J connectivity index is 2.04. The average Bonchev–Trinajstić information content (AvgIpc) is 2.57. The lowest BCUT2D eigenvalue weighted by molar-refractivity contribution is 0.121. The smallest absolute Gasteiger partial charge is 0.280 e. The Hall–Kier alpha value is -2.08. The SMILES string of the molecule is Cc1ccc(-c2cc(C(F)F)nc(N3CCOCC3)n2)cc1C. The molecule has 1 aliphatic heterocycles. The fraction of sp³-hybridized carbons (Fsp3) is 0.412. The number of hydrogen-bond donors (Lipinski definition) is 0. The number of aromatic nitrogens is 2. The van der Waals surface area contributed by atoms with Gasteiger partial charge in [0.15, 0.2) is 0 Å². The Labute approximate surface area is 134 Å². The van der Waals surface area contributed by atoms with Crippen molar-refractivity contribution < 1.29 is 13.5 Å². The maximum atomic E-state index is 13.2. The van der Waals surface area contributed by atoms with E-state index >= 15 is 0 Å². The van der Waals surface area contributed by atoms with Gasteiger partial charge in [0.1, 0.15) is 5.69 Å². The monoisotopic (exact) mass is 319 g/mol. The molecule has 0 N–H and O–H groups in total. The number of anilines is 1. The first-order valence-corrected chi connectivity index (χ1v) is 7.62. The summed E-state index contributed by atoms with van der Waals surface area (Å²) in [5.41, 5.74) is 3.37. The zero-order valence-electron chi connectivity index (χ0n) is 13.2. The van der Waals surface area contributed by atoms with Crippen molar-refractivity contribution in [3.8, 4) is 11.3 Å². The first kappa shape index (κ1) is 15.8. The number of rotatable bonds is 3. The van der Waals surface area contributed by atoms with E-state index in [1.165, 1.54) is 6.07 Å². The summed E-state index contributed by atoms with van der Waals surface area (Å²) in [6.07, 6.45) is -2.62. The van der Waals surface area contributed by atoms with E-state index in [1.807, 2.05) is 36.9 Å². The van der Waals surface area contributed by atoms with Crippen LogP contribution in [0.5, 0.6) is 0 Å². The Morgan fingerprint density at radius 1 is 1.04 bits per heavy atom. The van der Waals surface area contributed by atoms with Crippen molar-refractivity contribution in [1.82, 2.24) is 9.97 Å². The van der Waals surface area contributed by atoms with Crippen LogP contribution in [0.25, 0.3) is 11.3 Å². The van der Waals surface area contributed by atoms with Crippen LogP contribution in [0.1, 0.15) is 23.2 Å². The van der Waals surface area contributed by atoms with E-state index in [9.17, 15) is 8.78 Å². The highest BCUT2D eigenvalue weighted by atomic mass is 19.3. The zero-order chi connectivity index (χ0) is 16.4. The lowest BCUT2D eigenvalue weighted by atomic mass is 10.0. The van der Waals surface area contributed by atoms with Gasteiger partial charge in [0.2, 0.25) is 5.95 Å². The second kappa shape index (κ2) is 6.58. The third-order valence-corrected chi connectivity index (χ3v) is 4.05. The number of nitrogens with zero attached hydrogens (tertiary/aromatic N) is 3. The Bertz CT molecular complexity index is 700. The molecule has 1 aromatic carbocycles. The van der Waals surface area contributed by atoms with Crippen molar-refractivity contribution in [1.29, 1.82) is 0 Å². The molecule has 0 unspecified atom stereocenters. The van der Waals surface area contributed by atoms with Crippen LogP contribution in [-0.4, -0.2) is 36.3 Å². The predicted octanol–water partition coefficient (Wildman–Crippen LogP) is 3.53. The van der Waals surface area contributed by atoms with Crippen LogP contribution in [-0.2, 0) is 4.74 Å². The van der Waals surface area contributed by atoms with E-state index < -0.39 is 6.43 Å². The minimum atomic E-state index is -2.62. The maximum Gasteiger partial charge on any atom is 0.280 e. The number of morpholine rings is 1. The molecular formula is C17H19F2N3O. The van der Waals surface area contributed by atoms with Gasteiger partial charge in [0, 0.05) is 18.7 Å². The molecule has 0 radical (unpaired) electrons. The highest BCUT2D eigenvalue weighted by molar-refractivity contribution is 5.63. The van der Waals surface area contributed by atoms with Crippen molar-refractivity contribution in [3.63, 3.8) is 0 Å². The fourth-order valence-corrected chi connectivity index (χ4v) is 2.52. The molecule has 1 saturated heterocycles. The minimum Gasteiger partial charge on any atom is -0.378 e. The predicted molar refractivity (Wildman–Crippen MR) is 84.9 cm³/mol. The summed E-state index contributed by atoms with van der Waals surface area (Å²) in [6.45, 7) is 6.35. The lowest BCUT2D eigenvalue weighted by Gasteiger charge is -2.27. The summed E-state index contributed by atoms with van der Waals surface area (Å²) >= 11 is 0. The molecule has 4 nitrogen and oxygen atoms in total. The van der Waals surface area contributed by atoms with E-state index in [0.29, 0.717) is 37.9 Å². The van der Waals surface area contributed by atoms with Gasteiger partial charge in [-0.25, -0.2) is 18.7 Å². The van der Waals surface area contributed by atoms with Gasteiger partial charge in [0.25, 0.3) is 6.43 Å². The van der Waals surface area contributed by atoms with E-state index in [1.54, 1.807) is 0 Å². The minimum absolute atomic E-state index is 0.241. The third-order valence-electron chi connectivity index (χ3n) is 4.05. The van der Waals surface area contributed by atoms with Crippen LogP contribution in [0.4, 0.5) is 14.7 Å². The Morgan fingerprint density at radius 2 is 1.78 bits per heavy atom. The van der Waals surface area contributed by atoms with Gasteiger partial charge in [-0.05, 0) is 37.1 Å². The van der Waals surface area contributed by atoms with Crippen LogP contribution in [0.3, 0.4) is 0 Å². The molecule has 2 heterocycles. The van der Waals surface area contributed by atoms with Crippen molar-refractivity contribution in [3.05, 3.63) is 41.1 Å². The molecule has 1 aliphatic rings. The number of halogens is 2. The summed E-state index contributed by atoms with van der Waals surface area (Å²) in [5, 5.41) is 0. The van der Waals surface area contributed by atoms with Crippen LogP contribution < -0.4 is 4.90 Å². The molecule has 0 bridgehead atoms. The van der Waals surface area contributed by atoms with Gasteiger partial charge in [-0.2, -0.15) is 0 Å². The second-order valence-electron chi connectivity index (χ2n) is 5.68. The summed E-state index contributed by atoms with van der Waals surface area (Å²) < 4.78 is 31.7. The van der Waals surface area contributed by atoms with E-state index in [0.717, 1.165) is 16.7 Å². The van der Waals surface area contributed by atoms with Crippen molar-refractivity contribution in [2.75, 3.05) is 31.2 Å². The maximum absolute atomic E-state index is 13.2. The third kappa shape index (κ3) is 3.47. The van der Waals surface area contributed by atoms with Gasteiger partial charge in [-0.3, -0.25) is 0 Å². The molecule has 0 amide bonds. The van der Waals surface area contributed by atoms with E-state index in [-0.39, 0.29) is 5.69 Å². The van der Waals surface area contributed by atoms with Gasteiger partial charge in [-0.1, -0.05) is 12.1 Å². The fourth-order valence-electron chi connectivity index (χ4n) is 2.52. The summed E-state index contributed by atoms with van der Waals surface area (Å²) in [4.78, 5) is 10.4. The van der Waals surface area contributed by atoms with E-state index in [4.69, 9.17) is 4.74 Å². The molecular weight excluding hydrogens is 300 g/mol. The molecule has 6 heteroatoms. The standard InChI is InChI=1S/C17H19F2N3O/c1-11-3-4-13(9-12(11)2)14-10-15(16(18)19)21-17(20-14)22-5-7-23-8-6-22/h3-4,9-10,16H,5-8H2,1-2H3. The molecule has 23 heavy (non-hydrogen) atoms. The largest absolute Gasteiger partial charge is 0.378 e. The summed E-state index contributed by atoms with van der Waals surface area (Å²) in [6, 6.07) is 7.22. The zero-order valence-corrected chi connectivity index (χ0v) is 13.2. The number of benzene rings is 1. The van der Waals surface area contributed by atoms with Crippen LogP contribution in [0.15, 0.2) is 24.3 Å². The molecule has 1 fully saturated rings. The quantitative estimate of drug-likeness (QED) is 0.867. The van der Waals surface area contributed by atoms with Crippen molar-refractivity contribution in [2.24, 2.45) is 0 Å². The molecule has 2 aromatic rings. The normalized spacial score (nSPS) is 15.3. The van der Waals surface area contributed by atoms with Crippen molar-refractivity contribution in [2.45, 2.75) is 20.3 Å². The van der Waals surface area contributed by atoms with Gasteiger partial charge in [-0.15, -0.1) is 0 Å². The summed E-state index contributed by atoms with van der Waals surface area (Å²) in [7, 11) is 0. The molecule has 0 atom stereocenters. The molecule has 0 saturated carbocycles. The number of alkyl halides is 2. The molecule has 0 spiro atoms. The van der Waals surface area contributed by atoms with Gasteiger partial charge < -0.3 is 9.64 Å². The first-order chi connectivity index (χ1) is 11.0. The molecule has 122 valence electrons. The van der Waals surface area contributed by atoms with Crippen molar-refractivity contribution >= 4 is 5.95 Å². The molecule has 0 aliphatic carbocycles. The first-order valence-electron chi connectivity index (χ1n) is 7.62. The lowest BCUT2D eigenvalue weighted by Crippen LogP contribution is -2.37. The topological polar surface area (TPSA) is 38.2 Å². The second-order valence-corrected chi connectivity index (χ2v) is 5.68. The van der Waals surface area contributed by atoms with Gasteiger partial charge >= 0.3 is 0 Å². The highest BCUT2D eigenvalue weighted by Gasteiger charge is 2.19. The average molecular weight is 319 g/mol. The number of hydrogen-bond acceptors (Lipinski definition) is 4. The van der Waals surface area contributed by atoms with E-state index in [2.05, 4.69) is 9.97 Å². The number of ether oxygens (including phenoxy) is 1. The van der Waals surface area contributed by atoms with Crippen LogP contribution in [0.2, 0.25) is 0 Å². The van der Waals surface area contributed by atoms with Crippen LogP contribution >= 0.6 is 0 Å². The molecule has 1 aromatic heterocycles. The summed E-state index contributed by atoms with van der Waals surface area (Å²) in [5.74, 6) is 0.347. The Morgan fingerprint density at radius 3 is 2.43 bits per heavy atom. The molecule has 3 rings (SSSR count). The number of aryl methyl sites for hydroxylation is 2.